The molecule has 1 saturated carbocycles. The number of rotatable bonds is 6. The van der Waals surface area contributed by atoms with E-state index in [2.05, 4.69) is 4.72 Å². The summed E-state index contributed by atoms with van der Waals surface area (Å²) in [7, 11) is -3.32. The van der Waals surface area contributed by atoms with E-state index in [0.29, 0.717) is 24.9 Å². The average Bonchev–Trinajstić information content (AvgIpc) is 2.59. The summed E-state index contributed by atoms with van der Waals surface area (Å²) in [6.07, 6.45) is 5.58. The van der Waals surface area contributed by atoms with Crippen molar-refractivity contribution >= 4 is 10.0 Å². The van der Waals surface area contributed by atoms with Gasteiger partial charge >= 0.3 is 0 Å². The Labute approximate surface area is 151 Å². The highest BCUT2D eigenvalue weighted by Gasteiger charge is 2.27. The van der Waals surface area contributed by atoms with Gasteiger partial charge in [-0.05, 0) is 42.4 Å². The fourth-order valence-corrected chi connectivity index (χ4v) is 5.59. The Morgan fingerprint density at radius 2 is 1.76 bits per heavy atom. The van der Waals surface area contributed by atoms with Gasteiger partial charge in [-0.2, -0.15) is 0 Å². The number of hydrogen-bond acceptors (Lipinski definition) is 4. The second-order valence-electron chi connectivity index (χ2n) is 7.53. The molecule has 1 fully saturated rings. The van der Waals surface area contributed by atoms with E-state index in [1.807, 2.05) is 32.0 Å². The van der Waals surface area contributed by atoms with Crippen LogP contribution in [-0.2, 0) is 10.0 Å². The minimum absolute atomic E-state index is 0.142. The van der Waals surface area contributed by atoms with Gasteiger partial charge in [0.05, 0.1) is 5.75 Å². The molecule has 0 spiro atoms. The quantitative estimate of drug-likeness (QED) is 0.833. The maximum Gasteiger partial charge on any atom is 0.212 e. The van der Waals surface area contributed by atoms with Crippen molar-refractivity contribution in [2.24, 2.45) is 11.8 Å². The summed E-state index contributed by atoms with van der Waals surface area (Å²) in [5.74, 6) is 2.09. The summed E-state index contributed by atoms with van der Waals surface area (Å²) in [6.45, 7) is 5.14. The molecule has 1 N–H and O–H groups in total. The molecule has 5 nitrogen and oxygen atoms in total. The molecule has 1 atom stereocenters. The Balaban J connectivity index is 1.74. The molecule has 1 aliphatic heterocycles. The van der Waals surface area contributed by atoms with Crippen LogP contribution in [-0.4, -0.2) is 27.4 Å². The predicted octanol–water partition coefficient (Wildman–Crippen LogP) is 3.65. The number of benzene rings is 1. The van der Waals surface area contributed by atoms with E-state index in [1.165, 1.54) is 6.42 Å². The van der Waals surface area contributed by atoms with Gasteiger partial charge in [0.25, 0.3) is 0 Å². The lowest BCUT2D eigenvalue weighted by atomic mass is 9.91. The highest BCUT2D eigenvalue weighted by molar-refractivity contribution is 7.89. The number of sulfonamides is 1. The lowest BCUT2D eigenvalue weighted by molar-refractivity contribution is 0.171. The van der Waals surface area contributed by atoms with Crippen molar-refractivity contribution in [2.75, 3.05) is 19.0 Å². The van der Waals surface area contributed by atoms with Crippen molar-refractivity contribution in [1.29, 1.82) is 0 Å². The summed E-state index contributed by atoms with van der Waals surface area (Å²) in [4.78, 5) is 0. The van der Waals surface area contributed by atoms with Crippen molar-refractivity contribution in [3.8, 4) is 11.5 Å². The van der Waals surface area contributed by atoms with Crippen LogP contribution in [0.3, 0.4) is 0 Å². The number of nitrogens with one attached hydrogen (secondary N) is 1. The second kappa shape index (κ2) is 7.96. The van der Waals surface area contributed by atoms with Crippen LogP contribution in [0.5, 0.6) is 11.5 Å². The highest BCUT2D eigenvalue weighted by atomic mass is 32.2. The molecular formula is C19H29NO4S. The Morgan fingerprint density at radius 1 is 1.08 bits per heavy atom. The third kappa shape index (κ3) is 4.88. The Kier molecular flexibility index (Phi) is 5.89. The van der Waals surface area contributed by atoms with Crippen LogP contribution in [0, 0.1) is 11.8 Å². The SMILES string of the molecule is CC(C)C(NS(=O)(=O)CC1CCCCC1)c1ccc2c(c1)OCCO2. The van der Waals surface area contributed by atoms with Gasteiger partial charge in [0.1, 0.15) is 13.2 Å². The summed E-state index contributed by atoms with van der Waals surface area (Å²) >= 11 is 0. The van der Waals surface area contributed by atoms with E-state index in [9.17, 15) is 8.42 Å². The van der Waals surface area contributed by atoms with Crippen molar-refractivity contribution in [3.05, 3.63) is 23.8 Å². The fraction of sp³-hybridized carbons (Fsp3) is 0.684. The van der Waals surface area contributed by atoms with Crippen LogP contribution in [0.25, 0.3) is 0 Å². The standard InChI is InChI=1S/C19H29NO4S/c1-14(2)19(16-8-9-17-18(12-16)24-11-10-23-17)20-25(21,22)13-15-6-4-3-5-7-15/h8-9,12,14-15,19-20H,3-7,10-11,13H2,1-2H3. The topological polar surface area (TPSA) is 64.6 Å². The first-order valence-electron chi connectivity index (χ1n) is 9.34. The minimum Gasteiger partial charge on any atom is -0.486 e. The number of ether oxygens (including phenoxy) is 2. The van der Waals surface area contributed by atoms with Gasteiger partial charge in [0, 0.05) is 6.04 Å². The van der Waals surface area contributed by atoms with Crippen molar-refractivity contribution < 1.29 is 17.9 Å². The van der Waals surface area contributed by atoms with E-state index in [-0.39, 0.29) is 17.7 Å². The van der Waals surface area contributed by atoms with Crippen LogP contribution in [0.15, 0.2) is 18.2 Å². The molecule has 1 unspecified atom stereocenters. The van der Waals surface area contributed by atoms with Gasteiger partial charge in [-0.1, -0.05) is 39.2 Å². The fourth-order valence-electron chi connectivity index (χ4n) is 3.75. The molecule has 1 aromatic carbocycles. The van der Waals surface area contributed by atoms with Crippen LogP contribution < -0.4 is 14.2 Å². The van der Waals surface area contributed by atoms with E-state index in [0.717, 1.165) is 37.0 Å². The van der Waals surface area contributed by atoms with Gasteiger partial charge < -0.3 is 9.47 Å². The molecule has 0 bridgehead atoms. The molecule has 1 aliphatic carbocycles. The zero-order chi connectivity index (χ0) is 17.9. The van der Waals surface area contributed by atoms with Gasteiger partial charge in [-0.15, -0.1) is 0 Å². The summed E-state index contributed by atoms with van der Waals surface area (Å²) in [5.41, 5.74) is 0.923. The molecule has 0 saturated heterocycles. The third-order valence-corrected chi connectivity index (χ3v) is 6.60. The molecule has 0 amide bonds. The molecule has 6 heteroatoms. The Bertz CT molecular complexity index is 681. The van der Waals surface area contributed by atoms with E-state index >= 15 is 0 Å². The zero-order valence-corrected chi connectivity index (χ0v) is 16.0. The molecule has 1 heterocycles. The largest absolute Gasteiger partial charge is 0.486 e. The maximum atomic E-state index is 12.7. The first-order valence-corrected chi connectivity index (χ1v) is 11.0. The van der Waals surface area contributed by atoms with Crippen LogP contribution in [0.1, 0.15) is 57.6 Å². The summed E-state index contributed by atoms with van der Waals surface area (Å²) in [6, 6.07) is 5.45. The second-order valence-corrected chi connectivity index (χ2v) is 9.33. The van der Waals surface area contributed by atoms with Gasteiger partial charge in [-0.3, -0.25) is 0 Å². The third-order valence-electron chi connectivity index (χ3n) is 5.08. The van der Waals surface area contributed by atoms with Crippen molar-refractivity contribution in [3.63, 3.8) is 0 Å². The van der Waals surface area contributed by atoms with Gasteiger partial charge in [0.2, 0.25) is 10.0 Å². The van der Waals surface area contributed by atoms with Crippen LogP contribution >= 0.6 is 0 Å². The average molecular weight is 368 g/mol. The van der Waals surface area contributed by atoms with Gasteiger partial charge in [0.15, 0.2) is 11.5 Å². The molecule has 3 rings (SSSR count). The van der Waals surface area contributed by atoms with Gasteiger partial charge in [-0.25, -0.2) is 13.1 Å². The zero-order valence-electron chi connectivity index (χ0n) is 15.2. The summed E-state index contributed by atoms with van der Waals surface area (Å²) in [5, 5.41) is 0. The maximum absolute atomic E-state index is 12.7. The Hall–Kier alpha value is -1.27. The minimum atomic E-state index is -3.32. The van der Waals surface area contributed by atoms with Crippen molar-refractivity contribution in [1.82, 2.24) is 4.72 Å². The smallest absolute Gasteiger partial charge is 0.212 e. The number of hydrogen-bond donors (Lipinski definition) is 1. The van der Waals surface area contributed by atoms with Crippen molar-refractivity contribution in [2.45, 2.75) is 52.0 Å². The number of fused-ring (bicyclic) bond motifs is 1. The lowest BCUT2D eigenvalue weighted by Crippen LogP contribution is -2.36. The highest BCUT2D eigenvalue weighted by Crippen LogP contribution is 2.35. The van der Waals surface area contributed by atoms with Crippen LogP contribution in [0.4, 0.5) is 0 Å². The first-order chi connectivity index (χ1) is 11.9. The normalized spacial score (nSPS) is 19.8. The monoisotopic (exact) mass is 367 g/mol. The van der Waals surface area contributed by atoms with E-state index in [1.54, 1.807) is 0 Å². The van der Waals surface area contributed by atoms with E-state index in [4.69, 9.17) is 9.47 Å². The molecule has 0 aromatic heterocycles. The lowest BCUT2D eigenvalue weighted by Gasteiger charge is -2.27. The molecule has 140 valence electrons. The Morgan fingerprint density at radius 3 is 2.44 bits per heavy atom. The molecular weight excluding hydrogens is 338 g/mol. The molecule has 2 aliphatic rings. The predicted molar refractivity (Wildman–Crippen MR) is 98.5 cm³/mol. The molecule has 0 radical (unpaired) electrons. The first kappa shape index (κ1) is 18.5. The van der Waals surface area contributed by atoms with E-state index < -0.39 is 10.0 Å². The molecule has 25 heavy (non-hydrogen) atoms. The van der Waals surface area contributed by atoms with Crippen LogP contribution in [0.2, 0.25) is 0 Å². The summed E-state index contributed by atoms with van der Waals surface area (Å²) < 4.78 is 39.6. The molecule has 1 aromatic rings.